The number of carbonyl (C=O) groups excluding carboxylic acids is 1. The molecule has 0 aliphatic carbocycles. The number of halogens is 1. The van der Waals surface area contributed by atoms with E-state index in [0.717, 1.165) is 6.20 Å². The van der Waals surface area contributed by atoms with Crippen molar-refractivity contribution in [3.05, 3.63) is 41.6 Å². The minimum Gasteiger partial charge on any atom is -0.305 e. The van der Waals surface area contributed by atoms with Crippen LogP contribution in [0.25, 0.3) is 0 Å². The number of hydrogen-bond acceptors (Lipinski definition) is 6. The molecule has 19 heavy (non-hydrogen) atoms. The van der Waals surface area contributed by atoms with Gasteiger partial charge in [0.1, 0.15) is 17.3 Å². The maximum absolute atomic E-state index is 12.7. The summed E-state index contributed by atoms with van der Waals surface area (Å²) in [6.07, 6.45) is 1.01. The van der Waals surface area contributed by atoms with Crippen LogP contribution < -0.4 is 16.6 Å². The summed E-state index contributed by atoms with van der Waals surface area (Å²) in [4.78, 5) is 23.5. The van der Waals surface area contributed by atoms with Gasteiger partial charge in [-0.25, -0.2) is 25.2 Å². The first-order valence-electron chi connectivity index (χ1n) is 5.33. The van der Waals surface area contributed by atoms with E-state index in [1.807, 2.05) is 0 Å². The van der Waals surface area contributed by atoms with E-state index >= 15 is 0 Å². The van der Waals surface area contributed by atoms with Crippen molar-refractivity contribution in [2.45, 2.75) is 6.92 Å². The van der Waals surface area contributed by atoms with Crippen LogP contribution in [0, 0.1) is 12.7 Å². The van der Waals surface area contributed by atoms with Crippen molar-refractivity contribution in [3.63, 3.8) is 0 Å². The van der Waals surface area contributed by atoms with Gasteiger partial charge in [-0.1, -0.05) is 0 Å². The van der Waals surface area contributed by atoms with Crippen LogP contribution >= 0.6 is 0 Å². The third kappa shape index (κ3) is 3.19. The van der Waals surface area contributed by atoms with Crippen molar-refractivity contribution in [1.82, 2.24) is 15.0 Å². The first-order valence-corrected chi connectivity index (χ1v) is 5.33. The summed E-state index contributed by atoms with van der Waals surface area (Å²) in [5.74, 6) is 4.59. The van der Waals surface area contributed by atoms with Crippen molar-refractivity contribution in [2.24, 2.45) is 5.84 Å². The minimum absolute atomic E-state index is 0.131. The van der Waals surface area contributed by atoms with Gasteiger partial charge in [0.2, 0.25) is 5.95 Å². The Labute approximate surface area is 108 Å². The predicted octanol–water partition coefficient (Wildman–Crippen LogP) is 0.857. The van der Waals surface area contributed by atoms with Crippen LogP contribution in [0.2, 0.25) is 0 Å². The van der Waals surface area contributed by atoms with Crippen molar-refractivity contribution in [1.29, 1.82) is 0 Å². The van der Waals surface area contributed by atoms with Gasteiger partial charge in [-0.15, -0.1) is 0 Å². The quantitative estimate of drug-likeness (QED) is 0.559. The number of anilines is 2. The molecule has 7 nitrogen and oxygen atoms in total. The van der Waals surface area contributed by atoms with Gasteiger partial charge < -0.3 is 5.32 Å². The zero-order valence-electron chi connectivity index (χ0n) is 10.0. The number of rotatable bonds is 3. The average molecular weight is 262 g/mol. The number of hydrazine groups is 1. The lowest BCUT2D eigenvalue weighted by Crippen LogP contribution is -2.18. The number of pyridine rings is 1. The Balaban J connectivity index is 2.20. The second-order valence-electron chi connectivity index (χ2n) is 3.68. The maximum atomic E-state index is 12.7. The second kappa shape index (κ2) is 5.36. The summed E-state index contributed by atoms with van der Waals surface area (Å²) in [7, 11) is 0. The monoisotopic (exact) mass is 262 g/mol. The lowest BCUT2D eigenvalue weighted by atomic mass is 10.3. The molecule has 0 radical (unpaired) electrons. The highest BCUT2D eigenvalue weighted by atomic mass is 19.1. The highest BCUT2D eigenvalue weighted by molar-refractivity contribution is 6.02. The summed E-state index contributed by atoms with van der Waals surface area (Å²) in [5.41, 5.74) is 2.98. The molecule has 0 bridgehead atoms. The number of nitrogens with two attached hydrogens (primary N) is 1. The molecule has 2 aromatic heterocycles. The van der Waals surface area contributed by atoms with Gasteiger partial charge in [0, 0.05) is 5.69 Å². The fourth-order valence-electron chi connectivity index (χ4n) is 1.38. The van der Waals surface area contributed by atoms with Crippen molar-refractivity contribution in [3.8, 4) is 0 Å². The molecule has 0 fully saturated rings. The van der Waals surface area contributed by atoms with E-state index in [1.165, 1.54) is 18.2 Å². The van der Waals surface area contributed by atoms with Gasteiger partial charge >= 0.3 is 0 Å². The van der Waals surface area contributed by atoms with E-state index in [-0.39, 0.29) is 17.5 Å². The molecule has 2 aromatic rings. The van der Waals surface area contributed by atoms with Crippen LogP contribution in [-0.2, 0) is 0 Å². The highest BCUT2D eigenvalue weighted by Crippen LogP contribution is 2.08. The molecule has 0 aliphatic heterocycles. The summed E-state index contributed by atoms with van der Waals surface area (Å²) in [5, 5.41) is 2.49. The van der Waals surface area contributed by atoms with Crippen LogP contribution in [0.5, 0.6) is 0 Å². The smallest absolute Gasteiger partial charge is 0.275 e. The molecule has 1 amide bonds. The molecule has 0 aromatic carbocycles. The number of nitrogens with one attached hydrogen (secondary N) is 2. The topological polar surface area (TPSA) is 106 Å². The fraction of sp³-hybridized carbons (Fsp3) is 0.0909. The lowest BCUT2D eigenvalue weighted by molar-refractivity contribution is 0.102. The number of carbonyl (C=O) groups is 1. The molecular weight excluding hydrogens is 251 g/mol. The minimum atomic E-state index is -0.485. The first kappa shape index (κ1) is 12.8. The van der Waals surface area contributed by atoms with E-state index < -0.39 is 11.7 Å². The van der Waals surface area contributed by atoms with E-state index in [2.05, 4.69) is 25.7 Å². The summed E-state index contributed by atoms with van der Waals surface area (Å²) in [6.45, 7) is 1.70. The Hall–Kier alpha value is -2.61. The van der Waals surface area contributed by atoms with Crippen molar-refractivity contribution >= 4 is 17.7 Å². The van der Waals surface area contributed by atoms with Crippen LogP contribution in [0.3, 0.4) is 0 Å². The molecule has 0 saturated carbocycles. The number of amides is 1. The number of nitrogens with zero attached hydrogens (tertiary/aromatic N) is 3. The molecule has 98 valence electrons. The Bertz CT molecular complexity index is 601. The molecule has 0 spiro atoms. The molecule has 0 unspecified atom stereocenters. The Morgan fingerprint density at radius 2 is 2.16 bits per heavy atom. The molecule has 0 saturated heterocycles. The number of nitrogen functional groups attached to an aromatic ring is 1. The SMILES string of the molecule is Cc1cc(C(=O)Nc2ccc(F)cn2)nc(NN)n1. The van der Waals surface area contributed by atoms with Crippen LogP contribution in [-0.4, -0.2) is 20.9 Å². The maximum Gasteiger partial charge on any atom is 0.275 e. The van der Waals surface area contributed by atoms with Crippen molar-refractivity contribution < 1.29 is 9.18 Å². The number of aromatic nitrogens is 3. The molecule has 8 heteroatoms. The standard InChI is InChI=1S/C11H11FN6O/c1-6-4-8(16-11(15-6)18-13)10(19)17-9-3-2-7(12)5-14-9/h2-5H,13H2,1H3,(H,14,17,19)(H,15,16,18). The largest absolute Gasteiger partial charge is 0.305 e. The van der Waals surface area contributed by atoms with Gasteiger partial charge in [-0.3, -0.25) is 10.2 Å². The molecular formula is C11H11FN6O. The van der Waals surface area contributed by atoms with Crippen molar-refractivity contribution in [2.75, 3.05) is 10.7 Å². The van der Waals surface area contributed by atoms with Gasteiger partial charge in [-0.05, 0) is 25.1 Å². The van der Waals surface area contributed by atoms with E-state index in [4.69, 9.17) is 5.84 Å². The Morgan fingerprint density at radius 3 is 2.79 bits per heavy atom. The first-order chi connectivity index (χ1) is 9.08. The van der Waals surface area contributed by atoms with Crippen LogP contribution in [0.4, 0.5) is 16.2 Å². The zero-order valence-corrected chi connectivity index (χ0v) is 10.0. The predicted molar refractivity (Wildman–Crippen MR) is 66.7 cm³/mol. The molecule has 2 rings (SSSR count). The second-order valence-corrected chi connectivity index (χ2v) is 3.68. The van der Waals surface area contributed by atoms with E-state index in [0.29, 0.717) is 5.69 Å². The zero-order chi connectivity index (χ0) is 13.8. The molecule has 4 N–H and O–H groups in total. The summed E-state index contributed by atoms with van der Waals surface area (Å²) in [6, 6.07) is 4.05. The molecule has 0 atom stereocenters. The van der Waals surface area contributed by atoms with Crippen LogP contribution in [0.1, 0.15) is 16.2 Å². The molecule has 0 aliphatic rings. The summed E-state index contributed by atoms with van der Waals surface area (Å²) < 4.78 is 12.7. The number of aryl methyl sites for hydroxylation is 1. The van der Waals surface area contributed by atoms with E-state index in [1.54, 1.807) is 6.92 Å². The third-order valence-corrected chi connectivity index (χ3v) is 2.18. The average Bonchev–Trinajstić information content (AvgIpc) is 2.40. The van der Waals surface area contributed by atoms with Gasteiger partial charge in [0.15, 0.2) is 0 Å². The van der Waals surface area contributed by atoms with Gasteiger partial charge in [-0.2, -0.15) is 0 Å². The lowest BCUT2D eigenvalue weighted by Gasteiger charge is -2.06. The number of hydrogen-bond donors (Lipinski definition) is 3. The van der Waals surface area contributed by atoms with Crippen LogP contribution in [0.15, 0.2) is 24.4 Å². The van der Waals surface area contributed by atoms with Gasteiger partial charge in [0.05, 0.1) is 6.20 Å². The third-order valence-electron chi connectivity index (χ3n) is 2.18. The Kier molecular flexibility index (Phi) is 3.62. The summed E-state index contributed by atoms with van der Waals surface area (Å²) >= 11 is 0. The molecule has 2 heterocycles. The van der Waals surface area contributed by atoms with Gasteiger partial charge in [0.25, 0.3) is 5.91 Å². The normalized spacial score (nSPS) is 10.1. The fourth-order valence-corrected chi connectivity index (χ4v) is 1.38. The Morgan fingerprint density at radius 1 is 1.37 bits per heavy atom. The van der Waals surface area contributed by atoms with E-state index in [9.17, 15) is 9.18 Å². The highest BCUT2D eigenvalue weighted by Gasteiger charge is 2.11.